The lowest BCUT2D eigenvalue weighted by atomic mass is 9.96. The predicted molar refractivity (Wildman–Crippen MR) is 81.1 cm³/mol. The number of methoxy groups -OCH3 is 1. The topological polar surface area (TPSA) is 21.3 Å². The Kier molecular flexibility index (Phi) is 6.42. The van der Waals surface area contributed by atoms with Gasteiger partial charge in [-0.25, -0.2) is 0 Å². The molecule has 0 bridgehead atoms. The molecule has 0 amide bonds. The molecule has 0 saturated heterocycles. The first-order chi connectivity index (χ1) is 8.39. The highest BCUT2D eigenvalue weighted by atomic mass is 35.5. The van der Waals surface area contributed by atoms with Crippen molar-refractivity contribution in [3.63, 3.8) is 0 Å². The third-order valence-corrected chi connectivity index (χ3v) is 4.61. The molecule has 0 aromatic carbocycles. The fourth-order valence-corrected chi connectivity index (χ4v) is 3.38. The van der Waals surface area contributed by atoms with Crippen LogP contribution in [0.2, 0.25) is 8.67 Å². The van der Waals surface area contributed by atoms with Crippen LogP contribution in [-0.4, -0.2) is 19.3 Å². The standard InChI is InChI=1S/C13H21Cl2NOS/c1-5-16-10(6-7-13(2,3)17-4)9-8-11(14)18-12(9)15/h8,10,16H,5-7H2,1-4H3. The van der Waals surface area contributed by atoms with Crippen molar-refractivity contribution < 1.29 is 4.74 Å². The molecule has 0 aliphatic rings. The Morgan fingerprint density at radius 1 is 1.44 bits per heavy atom. The first-order valence-electron chi connectivity index (χ1n) is 6.13. The summed E-state index contributed by atoms with van der Waals surface area (Å²) in [7, 11) is 1.75. The summed E-state index contributed by atoms with van der Waals surface area (Å²) >= 11 is 13.7. The zero-order valence-corrected chi connectivity index (χ0v) is 13.7. The van der Waals surface area contributed by atoms with Gasteiger partial charge in [-0.3, -0.25) is 0 Å². The third kappa shape index (κ3) is 4.71. The molecule has 2 nitrogen and oxygen atoms in total. The molecular formula is C13H21Cl2NOS. The van der Waals surface area contributed by atoms with Gasteiger partial charge < -0.3 is 10.1 Å². The minimum Gasteiger partial charge on any atom is -0.379 e. The molecule has 1 unspecified atom stereocenters. The molecule has 0 spiro atoms. The Labute approximate surface area is 124 Å². The third-order valence-electron chi connectivity index (χ3n) is 3.10. The minimum atomic E-state index is -0.111. The Balaban J connectivity index is 2.74. The fraction of sp³-hybridized carbons (Fsp3) is 0.692. The number of halogens is 2. The van der Waals surface area contributed by atoms with Gasteiger partial charge in [0.25, 0.3) is 0 Å². The van der Waals surface area contributed by atoms with Crippen molar-refractivity contribution in [1.29, 1.82) is 0 Å². The van der Waals surface area contributed by atoms with Crippen molar-refractivity contribution in [3.05, 3.63) is 20.3 Å². The van der Waals surface area contributed by atoms with Crippen molar-refractivity contribution in [2.45, 2.75) is 45.3 Å². The summed E-state index contributed by atoms with van der Waals surface area (Å²) in [5.74, 6) is 0. The van der Waals surface area contributed by atoms with E-state index in [-0.39, 0.29) is 11.6 Å². The van der Waals surface area contributed by atoms with E-state index < -0.39 is 0 Å². The minimum absolute atomic E-state index is 0.111. The average Bonchev–Trinajstić information content (AvgIpc) is 2.64. The maximum absolute atomic E-state index is 6.22. The predicted octanol–water partition coefficient (Wildman–Crippen LogP) is 4.91. The number of thiophene rings is 1. The quantitative estimate of drug-likeness (QED) is 0.772. The highest BCUT2D eigenvalue weighted by molar-refractivity contribution is 7.20. The number of hydrogen-bond donors (Lipinski definition) is 1. The summed E-state index contributed by atoms with van der Waals surface area (Å²) in [5.41, 5.74) is 0.986. The van der Waals surface area contributed by atoms with E-state index in [1.807, 2.05) is 6.07 Å². The van der Waals surface area contributed by atoms with Gasteiger partial charge >= 0.3 is 0 Å². The number of hydrogen-bond acceptors (Lipinski definition) is 3. The van der Waals surface area contributed by atoms with Crippen molar-refractivity contribution in [3.8, 4) is 0 Å². The zero-order chi connectivity index (χ0) is 13.8. The van der Waals surface area contributed by atoms with Crippen LogP contribution in [-0.2, 0) is 4.74 Å². The maximum atomic E-state index is 6.22. The lowest BCUT2D eigenvalue weighted by Crippen LogP contribution is -2.27. The molecular weight excluding hydrogens is 289 g/mol. The number of ether oxygens (including phenoxy) is 1. The van der Waals surface area contributed by atoms with Gasteiger partial charge in [0.15, 0.2) is 0 Å². The number of rotatable bonds is 7. The molecule has 1 N–H and O–H groups in total. The second-order valence-electron chi connectivity index (χ2n) is 4.89. The molecule has 0 aliphatic carbocycles. The second kappa shape index (κ2) is 7.11. The van der Waals surface area contributed by atoms with Gasteiger partial charge in [-0.2, -0.15) is 0 Å². The first-order valence-corrected chi connectivity index (χ1v) is 7.70. The highest BCUT2D eigenvalue weighted by Gasteiger charge is 2.22. The van der Waals surface area contributed by atoms with Crippen LogP contribution in [0.5, 0.6) is 0 Å². The van der Waals surface area contributed by atoms with Crippen LogP contribution in [0, 0.1) is 0 Å². The summed E-state index contributed by atoms with van der Waals surface area (Å²) < 4.78 is 6.97. The molecule has 5 heteroatoms. The van der Waals surface area contributed by atoms with Gasteiger partial charge in [-0.1, -0.05) is 30.1 Å². The Morgan fingerprint density at radius 2 is 2.11 bits per heavy atom. The summed E-state index contributed by atoms with van der Waals surface area (Å²) in [6.45, 7) is 7.19. The monoisotopic (exact) mass is 309 g/mol. The molecule has 1 rings (SSSR count). The van der Waals surface area contributed by atoms with Crippen molar-refractivity contribution in [2.75, 3.05) is 13.7 Å². The van der Waals surface area contributed by atoms with E-state index in [2.05, 4.69) is 26.1 Å². The molecule has 1 aromatic rings. The van der Waals surface area contributed by atoms with Gasteiger partial charge in [-0.05, 0) is 39.3 Å². The van der Waals surface area contributed by atoms with Gasteiger partial charge in [0.05, 0.1) is 14.3 Å². The average molecular weight is 310 g/mol. The SMILES string of the molecule is CCNC(CCC(C)(C)OC)c1cc(Cl)sc1Cl. The van der Waals surface area contributed by atoms with Gasteiger partial charge in [0.2, 0.25) is 0 Å². The normalized spacial score (nSPS) is 13.9. The Hall–Kier alpha value is 0.200. The fourth-order valence-electron chi connectivity index (χ4n) is 1.80. The molecule has 104 valence electrons. The van der Waals surface area contributed by atoms with Crippen LogP contribution in [0.3, 0.4) is 0 Å². The Bertz CT molecular complexity index is 379. The molecule has 1 aromatic heterocycles. The van der Waals surface area contributed by atoms with Crippen LogP contribution in [0.15, 0.2) is 6.07 Å². The molecule has 0 aliphatic heterocycles. The summed E-state index contributed by atoms with van der Waals surface area (Å²) in [6, 6.07) is 2.20. The van der Waals surface area contributed by atoms with E-state index in [0.717, 1.165) is 33.6 Å². The summed E-state index contributed by atoms with van der Waals surface area (Å²) in [4.78, 5) is 0. The molecule has 1 atom stereocenters. The highest BCUT2D eigenvalue weighted by Crippen LogP contribution is 2.37. The van der Waals surface area contributed by atoms with E-state index in [1.165, 1.54) is 11.3 Å². The smallest absolute Gasteiger partial charge is 0.0991 e. The van der Waals surface area contributed by atoms with Gasteiger partial charge in [-0.15, -0.1) is 11.3 Å². The van der Waals surface area contributed by atoms with E-state index in [1.54, 1.807) is 7.11 Å². The van der Waals surface area contributed by atoms with Crippen LogP contribution in [0.1, 0.15) is 45.2 Å². The zero-order valence-electron chi connectivity index (χ0n) is 11.3. The van der Waals surface area contributed by atoms with E-state index in [0.29, 0.717) is 0 Å². The molecule has 0 radical (unpaired) electrons. The second-order valence-corrected chi connectivity index (χ2v) is 7.18. The molecule has 18 heavy (non-hydrogen) atoms. The largest absolute Gasteiger partial charge is 0.379 e. The molecule has 0 fully saturated rings. The van der Waals surface area contributed by atoms with Gasteiger partial charge in [0, 0.05) is 18.7 Å². The number of nitrogens with one attached hydrogen (secondary N) is 1. The van der Waals surface area contributed by atoms with Crippen LogP contribution >= 0.6 is 34.5 Å². The van der Waals surface area contributed by atoms with E-state index in [9.17, 15) is 0 Å². The lowest BCUT2D eigenvalue weighted by Gasteiger charge is -2.26. The lowest BCUT2D eigenvalue weighted by molar-refractivity contribution is 0.0117. The molecule has 0 saturated carbocycles. The van der Waals surface area contributed by atoms with Gasteiger partial charge in [0.1, 0.15) is 0 Å². The molecule has 1 heterocycles. The Morgan fingerprint density at radius 3 is 2.56 bits per heavy atom. The van der Waals surface area contributed by atoms with Crippen molar-refractivity contribution in [1.82, 2.24) is 5.32 Å². The van der Waals surface area contributed by atoms with Crippen LogP contribution < -0.4 is 5.32 Å². The summed E-state index contributed by atoms with van der Waals surface area (Å²) in [5, 5.41) is 3.46. The first kappa shape index (κ1) is 16.3. The van der Waals surface area contributed by atoms with Crippen LogP contribution in [0.25, 0.3) is 0 Å². The maximum Gasteiger partial charge on any atom is 0.0991 e. The van der Waals surface area contributed by atoms with Crippen molar-refractivity contribution in [2.24, 2.45) is 0 Å². The van der Waals surface area contributed by atoms with E-state index in [4.69, 9.17) is 27.9 Å². The van der Waals surface area contributed by atoms with Crippen molar-refractivity contribution >= 4 is 34.5 Å². The van der Waals surface area contributed by atoms with Crippen LogP contribution in [0.4, 0.5) is 0 Å². The summed E-state index contributed by atoms with van der Waals surface area (Å²) in [6.07, 6.45) is 1.94. The van der Waals surface area contributed by atoms with E-state index >= 15 is 0 Å².